The smallest absolute Gasteiger partial charge is 0.319 e. The van der Waals surface area contributed by atoms with Gasteiger partial charge in [0.15, 0.2) is 0 Å². The molecule has 1 unspecified atom stereocenters. The highest BCUT2D eigenvalue weighted by molar-refractivity contribution is 5.89. The standard InChI is InChI=1S/C16H22N2O3/c1-11(13-3-2-4-13)17-16(21)18-14-8-5-12(6-9-14)7-10-15(19)20/h5-6,8-9,11,13H,2-4,7,10H2,1H3,(H,19,20)(H2,17,18,21). The van der Waals surface area contributed by atoms with Crippen molar-refractivity contribution >= 4 is 17.7 Å². The van der Waals surface area contributed by atoms with Gasteiger partial charge in [-0.2, -0.15) is 0 Å². The van der Waals surface area contributed by atoms with Crippen LogP contribution in [0.1, 0.15) is 38.2 Å². The third-order valence-electron chi connectivity index (χ3n) is 4.06. The van der Waals surface area contributed by atoms with E-state index in [0.29, 0.717) is 18.0 Å². The van der Waals surface area contributed by atoms with Crippen LogP contribution in [0.2, 0.25) is 0 Å². The van der Waals surface area contributed by atoms with E-state index in [9.17, 15) is 9.59 Å². The molecule has 1 aliphatic rings. The number of rotatable bonds is 6. The molecule has 21 heavy (non-hydrogen) atoms. The first-order chi connectivity index (χ1) is 10.0. The van der Waals surface area contributed by atoms with Gasteiger partial charge in [0.05, 0.1) is 0 Å². The number of carboxylic acids is 1. The molecule has 0 heterocycles. The summed E-state index contributed by atoms with van der Waals surface area (Å²) in [4.78, 5) is 22.4. The molecule has 1 saturated carbocycles. The summed E-state index contributed by atoms with van der Waals surface area (Å²) in [6.45, 7) is 2.04. The van der Waals surface area contributed by atoms with Crippen molar-refractivity contribution in [3.63, 3.8) is 0 Å². The van der Waals surface area contributed by atoms with Gasteiger partial charge in [0.1, 0.15) is 0 Å². The quantitative estimate of drug-likeness (QED) is 0.753. The van der Waals surface area contributed by atoms with Crippen LogP contribution in [0.25, 0.3) is 0 Å². The van der Waals surface area contributed by atoms with Gasteiger partial charge in [-0.1, -0.05) is 18.6 Å². The van der Waals surface area contributed by atoms with Crippen molar-refractivity contribution in [3.8, 4) is 0 Å². The van der Waals surface area contributed by atoms with Crippen molar-refractivity contribution in [2.75, 3.05) is 5.32 Å². The molecule has 0 aliphatic heterocycles. The van der Waals surface area contributed by atoms with E-state index in [1.165, 1.54) is 19.3 Å². The van der Waals surface area contributed by atoms with Gasteiger partial charge in [-0.3, -0.25) is 4.79 Å². The summed E-state index contributed by atoms with van der Waals surface area (Å²) in [6, 6.07) is 7.29. The predicted molar refractivity (Wildman–Crippen MR) is 81.4 cm³/mol. The van der Waals surface area contributed by atoms with E-state index in [1.54, 1.807) is 12.1 Å². The van der Waals surface area contributed by atoms with E-state index in [1.807, 2.05) is 19.1 Å². The molecule has 2 amide bonds. The van der Waals surface area contributed by atoms with Crippen LogP contribution in [0.3, 0.4) is 0 Å². The number of nitrogens with one attached hydrogen (secondary N) is 2. The maximum absolute atomic E-state index is 11.9. The average Bonchev–Trinajstić information content (AvgIpc) is 2.35. The van der Waals surface area contributed by atoms with Gasteiger partial charge in [0.2, 0.25) is 0 Å². The number of hydrogen-bond donors (Lipinski definition) is 3. The maximum Gasteiger partial charge on any atom is 0.319 e. The van der Waals surface area contributed by atoms with Gasteiger partial charge < -0.3 is 15.7 Å². The zero-order valence-electron chi connectivity index (χ0n) is 12.3. The highest BCUT2D eigenvalue weighted by Gasteiger charge is 2.24. The molecule has 0 bridgehead atoms. The Labute approximate surface area is 124 Å². The van der Waals surface area contributed by atoms with Crippen LogP contribution in [0.15, 0.2) is 24.3 Å². The second-order valence-corrected chi connectivity index (χ2v) is 5.67. The largest absolute Gasteiger partial charge is 0.481 e. The Morgan fingerprint density at radius 3 is 2.48 bits per heavy atom. The Morgan fingerprint density at radius 1 is 1.29 bits per heavy atom. The van der Waals surface area contributed by atoms with E-state index in [0.717, 1.165) is 5.56 Å². The van der Waals surface area contributed by atoms with E-state index in [-0.39, 0.29) is 18.5 Å². The van der Waals surface area contributed by atoms with Crippen molar-refractivity contribution in [2.45, 2.75) is 45.1 Å². The Hall–Kier alpha value is -2.04. The van der Waals surface area contributed by atoms with Crippen LogP contribution in [0.4, 0.5) is 10.5 Å². The molecule has 1 aromatic carbocycles. The zero-order chi connectivity index (χ0) is 15.2. The lowest BCUT2D eigenvalue weighted by atomic mass is 9.80. The number of aryl methyl sites for hydroxylation is 1. The molecule has 0 spiro atoms. The van der Waals surface area contributed by atoms with Gasteiger partial charge in [-0.15, -0.1) is 0 Å². The summed E-state index contributed by atoms with van der Waals surface area (Å²) in [5.74, 6) is -0.198. The second-order valence-electron chi connectivity index (χ2n) is 5.67. The normalized spacial score (nSPS) is 15.9. The number of hydrogen-bond acceptors (Lipinski definition) is 2. The predicted octanol–water partition coefficient (Wildman–Crippen LogP) is 3.01. The van der Waals surface area contributed by atoms with Crippen molar-refractivity contribution in [1.82, 2.24) is 5.32 Å². The fourth-order valence-corrected chi connectivity index (χ4v) is 2.44. The maximum atomic E-state index is 11.9. The molecule has 2 rings (SSSR count). The Bertz CT molecular complexity index is 495. The van der Waals surface area contributed by atoms with Gasteiger partial charge in [-0.05, 0) is 49.8 Å². The third kappa shape index (κ3) is 4.77. The molecule has 114 valence electrons. The molecule has 0 aromatic heterocycles. The molecular weight excluding hydrogens is 268 g/mol. The molecule has 1 aliphatic carbocycles. The minimum absolute atomic E-state index is 0.117. The van der Waals surface area contributed by atoms with E-state index >= 15 is 0 Å². The monoisotopic (exact) mass is 290 g/mol. The number of carbonyl (C=O) groups excluding carboxylic acids is 1. The van der Waals surface area contributed by atoms with Crippen LogP contribution in [-0.4, -0.2) is 23.1 Å². The summed E-state index contributed by atoms with van der Waals surface area (Å²) >= 11 is 0. The number of amides is 2. The van der Waals surface area contributed by atoms with Crippen LogP contribution in [0, 0.1) is 5.92 Å². The molecule has 0 radical (unpaired) electrons. The zero-order valence-corrected chi connectivity index (χ0v) is 12.3. The highest BCUT2D eigenvalue weighted by Crippen LogP contribution is 2.29. The lowest BCUT2D eigenvalue weighted by Gasteiger charge is -2.31. The minimum Gasteiger partial charge on any atom is -0.481 e. The molecule has 1 atom stereocenters. The number of urea groups is 1. The minimum atomic E-state index is -0.804. The molecule has 5 nitrogen and oxygen atoms in total. The number of carboxylic acid groups (broad SMARTS) is 1. The fraction of sp³-hybridized carbons (Fsp3) is 0.500. The highest BCUT2D eigenvalue weighted by atomic mass is 16.4. The number of anilines is 1. The average molecular weight is 290 g/mol. The van der Waals surface area contributed by atoms with Crippen molar-refractivity contribution in [2.24, 2.45) is 5.92 Å². The summed E-state index contributed by atoms with van der Waals surface area (Å²) < 4.78 is 0. The lowest BCUT2D eigenvalue weighted by molar-refractivity contribution is -0.136. The van der Waals surface area contributed by atoms with Gasteiger partial charge in [0.25, 0.3) is 0 Å². The Balaban J connectivity index is 1.79. The van der Waals surface area contributed by atoms with Crippen LogP contribution in [-0.2, 0) is 11.2 Å². The molecule has 5 heteroatoms. The van der Waals surface area contributed by atoms with E-state index < -0.39 is 5.97 Å². The Morgan fingerprint density at radius 2 is 1.95 bits per heavy atom. The second kappa shape index (κ2) is 7.11. The van der Waals surface area contributed by atoms with Crippen LogP contribution < -0.4 is 10.6 Å². The summed E-state index contributed by atoms with van der Waals surface area (Å²) in [7, 11) is 0. The first-order valence-electron chi connectivity index (χ1n) is 7.43. The lowest BCUT2D eigenvalue weighted by Crippen LogP contribution is -2.42. The number of aliphatic carboxylic acids is 1. The first kappa shape index (κ1) is 15.4. The van der Waals surface area contributed by atoms with Crippen molar-refractivity contribution in [3.05, 3.63) is 29.8 Å². The third-order valence-corrected chi connectivity index (χ3v) is 4.06. The fourth-order valence-electron chi connectivity index (χ4n) is 2.44. The first-order valence-corrected chi connectivity index (χ1v) is 7.43. The van der Waals surface area contributed by atoms with Crippen molar-refractivity contribution < 1.29 is 14.7 Å². The van der Waals surface area contributed by atoms with Gasteiger partial charge >= 0.3 is 12.0 Å². The summed E-state index contributed by atoms with van der Waals surface area (Å²) in [5.41, 5.74) is 1.67. The van der Waals surface area contributed by atoms with E-state index in [2.05, 4.69) is 10.6 Å². The van der Waals surface area contributed by atoms with Gasteiger partial charge in [0, 0.05) is 18.2 Å². The van der Waals surface area contributed by atoms with Crippen molar-refractivity contribution in [1.29, 1.82) is 0 Å². The summed E-state index contributed by atoms with van der Waals surface area (Å²) in [6.07, 6.45) is 4.27. The Kier molecular flexibility index (Phi) is 5.20. The molecular formula is C16H22N2O3. The van der Waals surface area contributed by atoms with Crippen LogP contribution in [0.5, 0.6) is 0 Å². The summed E-state index contributed by atoms with van der Waals surface area (Å²) in [5, 5.41) is 14.4. The number of carbonyl (C=O) groups is 2. The molecule has 1 aromatic rings. The molecule has 1 fully saturated rings. The van der Waals surface area contributed by atoms with E-state index in [4.69, 9.17) is 5.11 Å². The molecule has 3 N–H and O–H groups in total. The number of benzene rings is 1. The van der Waals surface area contributed by atoms with Crippen LogP contribution >= 0.6 is 0 Å². The van der Waals surface area contributed by atoms with Gasteiger partial charge in [-0.25, -0.2) is 4.79 Å². The topological polar surface area (TPSA) is 78.4 Å². The molecule has 0 saturated heterocycles. The SMILES string of the molecule is CC(NC(=O)Nc1ccc(CCC(=O)O)cc1)C1CCC1.